The highest BCUT2D eigenvalue weighted by Gasteiger charge is 2.45. The average Bonchev–Trinajstić information content (AvgIpc) is 2.98. The van der Waals surface area contributed by atoms with Gasteiger partial charge in [-0.15, -0.1) is 0 Å². The molecule has 1 aliphatic carbocycles. The van der Waals surface area contributed by atoms with Crippen molar-refractivity contribution in [3.05, 3.63) is 35.6 Å². The number of rotatable bonds is 7. The van der Waals surface area contributed by atoms with Crippen molar-refractivity contribution in [1.29, 1.82) is 0 Å². The van der Waals surface area contributed by atoms with E-state index in [1.165, 1.54) is 12.1 Å². The lowest BCUT2D eigenvalue weighted by molar-refractivity contribution is -0.130. The number of carbonyl (C=O) groups is 1. The number of hydrogen-bond donors (Lipinski definition) is 1. The Bertz CT molecular complexity index is 574. The van der Waals surface area contributed by atoms with E-state index in [1.807, 2.05) is 6.07 Å². The van der Waals surface area contributed by atoms with Crippen molar-refractivity contribution in [2.45, 2.75) is 31.1 Å². The van der Waals surface area contributed by atoms with Gasteiger partial charge in [-0.1, -0.05) is 18.6 Å². The maximum atomic E-state index is 13.6. The molecule has 1 atom stereocenters. The van der Waals surface area contributed by atoms with Gasteiger partial charge in [-0.2, -0.15) is 0 Å². The Morgan fingerprint density at radius 1 is 1.46 bits per heavy atom. The van der Waals surface area contributed by atoms with Gasteiger partial charge in [0.05, 0.1) is 12.0 Å². The van der Waals surface area contributed by atoms with Crippen LogP contribution in [-0.4, -0.2) is 50.7 Å². The van der Waals surface area contributed by atoms with Crippen LogP contribution in [0, 0.1) is 11.7 Å². The Balaban J connectivity index is 1.55. The summed E-state index contributed by atoms with van der Waals surface area (Å²) in [5.74, 6) is 0.293. The standard InChI is InChI=1S/C19H27FN2O2/c1-24-11-10-22-9-6-15(14-22)13-21-18(23)19(7-3-8-19)16-4-2-5-17(20)12-16/h2,4-5,12,15H,3,6-11,13-14H2,1H3,(H,21,23)/t15-/m1/s1. The van der Waals surface area contributed by atoms with E-state index >= 15 is 0 Å². The van der Waals surface area contributed by atoms with Crippen molar-refractivity contribution >= 4 is 5.91 Å². The fraction of sp³-hybridized carbons (Fsp3) is 0.632. The SMILES string of the molecule is COCCN1CC[C@H](CNC(=O)C2(c3cccc(F)c3)CCC2)C1. The monoisotopic (exact) mass is 334 g/mol. The van der Waals surface area contributed by atoms with E-state index in [0.717, 1.165) is 57.5 Å². The molecule has 1 aromatic rings. The average molecular weight is 334 g/mol. The molecule has 5 heteroatoms. The number of methoxy groups -OCH3 is 1. The molecule has 132 valence electrons. The number of carbonyl (C=O) groups excluding carboxylic acids is 1. The molecular formula is C19H27FN2O2. The number of hydrogen-bond acceptors (Lipinski definition) is 3. The number of halogens is 1. The molecule has 1 heterocycles. The van der Waals surface area contributed by atoms with Crippen LogP contribution in [0.1, 0.15) is 31.2 Å². The van der Waals surface area contributed by atoms with Crippen molar-refractivity contribution in [2.24, 2.45) is 5.92 Å². The fourth-order valence-corrected chi connectivity index (χ4v) is 3.87. The first-order chi connectivity index (χ1) is 11.6. The lowest BCUT2D eigenvalue weighted by Crippen LogP contribution is -2.50. The number of nitrogens with zero attached hydrogens (tertiary/aromatic N) is 1. The first kappa shape index (κ1) is 17.4. The topological polar surface area (TPSA) is 41.6 Å². The van der Waals surface area contributed by atoms with Crippen LogP contribution in [0.5, 0.6) is 0 Å². The minimum atomic E-state index is -0.517. The van der Waals surface area contributed by atoms with Crippen molar-refractivity contribution in [2.75, 3.05) is 39.9 Å². The minimum Gasteiger partial charge on any atom is -0.383 e. The Morgan fingerprint density at radius 2 is 2.29 bits per heavy atom. The summed E-state index contributed by atoms with van der Waals surface area (Å²) < 4.78 is 18.7. The van der Waals surface area contributed by atoms with E-state index < -0.39 is 5.41 Å². The zero-order valence-corrected chi connectivity index (χ0v) is 14.4. The first-order valence-electron chi connectivity index (χ1n) is 8.90. The van der Waals surface area contributed by atoms with Gasteiger partial charge in [-0.05, 0) is 49.4 Å². The molecule has 24 heavy (non-hydrogen) atoms. The van der Waals surface area contributed by atoms with E-state index in [4.69, 9.17) is 4.74 Å². The second-order valence-electron chi connectivity index (χ2n) is 7.10. The Labute approximate surface area is 143 Å². The van der Waals surface area contributed by atoms with Gasteiger partial charge in [0.15, 0.2) is 0 Å². The summed E-state index contributed by atoms with van der Waals surface area (Å²) in [5, 5.41) is 3.14. The van der Waals surface area contributed by atoms with Crippen molar-refractivity contribution in [3.8, 4) is 0 Å². The molecule has 0 unspecified atom stereocenters. The zero-order chi connectivity index (χ0) is 17.0. The van der Waals surface area contributed by atoms with Crippen LogP contribution >= 0.6 is 0 Å². The van der Waals surface area contributed by atoms with Gasteiger partial charge in [0.1, 0.15) is 5.82 Å². The Hall–Kier alpha value is -1.46. The highest BCUT2D eigenvalue weighted by atomic mass is 19.1. The zero-order valence-electron chi connectivity index (χ0n) is 14.4. The van der Waals surface area contributed by atoms with E-state index in [1.54, 1.807) is 13.2 Å². The summed E-state index contributed by atoms with van der Waals surface area (Å²) in [6.07, 6.45) is 3.76. The van der Waals surface area contributed by atoms with Gasteiger partial charge in [-0.3, -0.25) is 4.79 Å². The maximum Gasteiger partial charge on any atom is 0.230 e. The summed E-state index contributed by atoms with van der Waals surface area (Å²) in [4.78, 5) is 15.2. The number of nitrogens with one attached hydrogen (secondary N) is 1. The summed E-state index contributed by atoms with van der Waals surface area (Å²) in [7, 11) is 1.72. The molecule has 0 radical (unpaired) electrons. The second-order valence-corrected chi connectivity index (χ2v) is 7.10. The molecule has 1 saturated heterocycles. The highest BCUT2D eigenvalue weighted by molar-refractivity contribution is 5.89. The Kier molecular flexibility index (Phi) is 5.51. The van der Waals surface area contributed by atoms with Crippen LogP contribution in [0.3, 0.4) is 0 Å². The molecule has 0 spiro atoms. The second kappa shape index (κ2) is 7.62. The minimum absolute atomic E-state index is 0.0645. The van der Waals surface area contributed by atoms with Crippen molar-refractivity contribution in [3.63, 3.8) is 0 Å². The number of likely N-dealkylation sites (tertiary alicyclic amines) is 1. The molecule has 0 bridgehead atoms. The summed E-state index contributed by atoms with van der Waals surface area (Å²) in [6, 6.07) is 6.52. The van der Waals surface area contributed by atoms with Crippen LogP contribution in [0.15, 0.2) is 24.3 Å². The lowest BCUT2D eigenvalue weighted by Gasteiger charge is -2.41. The molecule has 1 saturated carbocycles. The maximum absolute atomic E-state index is 13.6. The molecular weight excluding hydrogens is 307 g/mol. The molecule has 0 aromatic heterocycles. The predicted molar refractivity (Wildman–Crippen MR) is 91.4 cm³/mol. The van der Waals surface area contributed by atoms with E-state index in [-0.39, 0.29) is 11.7 Å². The van der Waals surface area contributed by atoms with Gasteiger partial charge in [0.2, 0.25) is 5.91 Å². The first-order valence-corrected chi connectivity index (χ1v) is 8.90. The van der Waals surface area contributed by atoms with Crippen molar-refractivity contribution in [1.82, 2.24) is 10.2 Å². The third-order valence-electron chi connectivity index (χ3n) is 5.55. The predicted octanol–water partition coefficient (Wildman–Crippen LogP) is 2.33. The largest absolute Gasteiger partial charge is 0.383 e. The van der Waals surface area contributed by atoms with E-state index in [0.29, 0.717) is 12.5 Å². The van der Waals surface area contributed by atoms with Gasteiger partial charge in [0, 0.05) is 26.7 Å². The van der Waals surface area contributed by atoms with Crippen LogP contribution in [0.4, 0.5) is 4.39 Å². The third-order valence-corrected chi connectivity index (χ3v) is 5.55. The van der Waals surface area contributed by atoms with Gasteiger partial charge in [0.25, 0.3) is 0 Å². The lowest BCUT2D eigenvalue weighted by atomic mass is 9.63. The molecule has 1 N–H and O–H groups in total. The normalized spacial score (nSPS) is 23.0. The van der Waals surface area contributed by atoms with Gasteiger partial charge < -0.3 is 15.0 Å². The van der Waals surface area contributed by atoms with Gasteiger partial charge in [-0.25, -0.2) is 4.39 Å². The quantitative estimate of drug-likeness (QED) is 0.832. The Morgan fingerprint density at radius 3 is 2.96 bits per heavy atom. The summed E-state index contributed by atoms with van der Waals surface area (Å²) in [6.45, 7) is 4.49. The summed E-state index contributed by atoms with van der Waals surface area (Å²) in [5.41, 5.74) is 0.301. The fourth-order valence-electron chi connectivity index (χ4n) is 3.87. The summed E-state index contributed by atoms with van der Waals surface area (Å²) >= 11 is 0. The van der Waals surface area contributed by atoms with Gasteiger partial charge >= 0.3 is 0 Å². The van der Waals surface area contributed by atoms with Crippen molar-refractivity contribution < 1.29 is 13.9 Å². The molecule has 3 rings (SSSR count). The van der Waals surface area contributed by atoms with E-state index in [2.05, 4.69) is 10.2 Å². The van der Waals surface area contributed by atoms with Crippen LogP contribution < -0.4 is 5.32 Å². The van der Waals surface area contributed by atoms with Crippen LogP contribution in [0.2, 0.25) is 0 Å². The van der Waals surface area contributed by atoms with E-state index in [9.17, 15) is 9.18 Å². The van der Waals surface area contributed by atoms with Crippen LogP contribution in [-0.2, 0) is 14.9 Å². The number of benzene rings is 1. The molecule has 4 nitrogen and oxygen atoms in total. The highest BCUT2D eigenvalue weighted by Crippen LogP contribution is 2.44. The molecule has 1 aliphatic heterocycles. The molecule has 2 fully saturated rings. The third kappa shape index (κ3) is 3.62. The van der Waals surface area contributed by atoms with Crippen LogP contribution in [0.25, 0.3) is 0 Å². The number of amides is 1. The molecule has 1 aromatic carbocycles. The smallest absolute Gasteiger partial charge is 0.230 e. The molecule has 2 aliphatic rings. The molecule has 1 amide bonds. The number of ether oxygens (including phenoxy) is 1.